The number of ether oxygens (including phenoxy) is 1. The van der Waals surface area contributed by atoms with Crippen LogP contribution in [0.5, 0.6) is 0 Å². The lowest BCUT2D eigenvalue weighted by atomic mass is 10.1. The fourth-order valence-electron chi connectivity index (χ4n) is 3.63. The zero-order valence-electron chi connectivity index (χ0n) is 19.5. The van der Waals surface area contributed by atoms with Gasteiger partial charge in [0.15, 0.2) is 0 Å². The molecule has 0 aromatic heterocycles. The summed E-state index contributed by atoms with van der Waals surface area (Å²) in [5, 5.41) is 0. The second-order valence-corrected chi connectivity index (χ2v) is 8.85. The lowest BCUT2D eigenvalue weighted by Crippen LogP contribution is -2.06. The first-order valence-electron chi connectivity index (χ1n) is 12.7. The summed E-state index contributed by atoms with van der Waals surface area (Å²) in [6.07, 6.45) is 30.7. The van der Waals surface area contributed by atoms with Crippen molar-refractivity contribution in [3.05, 3.63) is 12.2 Å². The second-order valence-electron chi connectivity index (χ2n) is 8.40. The summed E-state index contributed by atoms with van der Waals surface area (Å²) in [6, 6.07) is 0. The van der Waals surface area contributed by atoms with Gasteiger partial charge in [0.1, 0.15) is 6.61 Å². The normalized spacial score (nSPS) is 11.4. The second kappa shape index (κ2) is 25.6. The van der Waals surface area contributed by atoms with Crippen molar-refractivity contribution < 1.29 is 9.53 Å². The van der Waals surface area contributed by atoms with Crippen molar-refractivity contribution in [1.82, 2.24) is 0 Å². The van der Waals surface area contributed by atoms with E-state index in [1.54, 1.807) is 0 Å². The number of esters is 1. The smallest absolute Gasteiger partial charge is 0.305 e. The van der Waals surface area contributed by atoms with Crippen LogP contribution in [0, 0.1) is 0 Å². The Bertz CT molecular complexity index is 355. The molecule has 0 saturated carbocycles. The minimum absolute atomic E-state index is 0.0649. The minimum Gasteiger partial charge on any atom is -0.465 e. The van der Waals surface area contributed by atoms with Crippen molar-refractivity contribution in [2.75, 3.05) is 12.4 Å². The van der Waals surface area contributed by atoms with Crippen LogP contribution >= 0.6 is 12.6 Å². The third-order valence-electron chi connectivity index (χ3n) is 5.50. The van der Waals surface area contributed by atoms with Gasteiger partial charge in [-0.05, 0) is 32.1 Å². The van der Waals surface area contributed by atoms with Gasteiger partial charge in [0.25, 0.3) is 0 Å². The van der Waals surface area contributed by atoms with Crippen LogP contribution in [0.1, 0.15) is 135 Å². The molecule has 0 aromatic carbocycles. The third kappa shape index (κ3) is 25.5. The number of thiol groups is 1. The van der Waals surface area contributed by atoms with E-state index in [2.05, 4.69) is 31.7 Å². The summed E-state index contributed by atoms with van der Waals surface area (Å²) in [6.45, 7) is 2.73. The van der Waals surface area contributed by atoms with Crippen LogP contribution in [0.4, 0.5) is 0 Å². The maximum Gasteiger partial charge on any atom is 0.305 e. The van der Waals surface area contributed by atoms with Crippen LogP contribution in [-0.2, 0) is 9.53 Å². The van der Waals surface area contributed by atoms with Crippen molar-refractivity contribution in [2.24, 2.45) is 0 Å². The number of hydrogen-bond acceptors (Lipinski definition) is 3. The molecule has 172 valence electrons. The van der Waals surface area contributed by atoms with Crippen molar-refractivity contribution >= 4 is 18.6 Å². The summed E-state index contributed by atoms with van der Waals surface area (Å²) < 4.78 is 5.01. The van der Waals surface area contributed by atoms with Gasteiger partial charge in [-0.25, -0.2) is 0 Å². The highest BCUT2D eigenvalue weighted by atomic mass is 32.1. The number of hydrogen-bond donors (Lipinski definition) is 1. The van der Waals surface area contributed by atoms with Gasteiger partial charge in [0.05, 0.1) is 0 Å². The number of carbonyl (C=O) groups excluding carboxylic acids is 1. The lowest BCUT2D eigenvalue weighted by molar-refractivity contribution is -0.143. The Morgan fingerprint density at radius 1 is 0.655 bits per heavy atom. The Morgan fingerprint density at radius 3 is 1.52 bits per heavy atom. The van der Waals surface area contributed by atoms with Crippen LogP contribution in [0.3, 0.4) is 0 Å². The molecule has 2 nitrogen and oxygen atoms in total. The Hall–Kier alpha value is -0.440. The van der Waals surface area contributed by atoms with E-state index in [1.807, 2.05) is 0 Å². The average molecular weight is 427 g/mol. The summed E-state index contributed by atoms with van der Waals surface area (Å²) >= 11 is 4.03. The quantitative estimate of drug-likeness (QED) is 0.0764. The van der Waals surface area contributed by atoms with E-state index in [4.69, 9.17) is 4.74 Å². The van der Waals surface area contributed by atoms with Crippen LogP contribution in [0.15, 0.2) is 12.2 Å². The van der Waals surface area contributed by atoms with Gasteiger partial charge in [-0.3, -0.25) is 4.79 Å². The van der Waals surface area contributed by atoms with Crippen LogP contribution in [-0.4, -0.2) is 18.3 Å². The van der Waals surface area contributed by atoms with Crippen molar-refractivity contribution in [2.45, 2.75) is 135 Å². The summed E-state index contributed by atoms with van der Waals surface area (Å²) in [7, 11) is 0. The Kier molecular flexibility index (Phi) is 25.2. The molecule has 3 heteroatoms. The molecule has 0 aliphatic heterocycles. The third-order valence-corrected chi connectivity index (χ3v) is 5.68. The van der Waals surface area contributed by atoms with Gasteiger partial charge < -0.3 is 4.74 Å². The fourth-order valence-corrected chi connectivity index (χ4v) is 3.72. The maximum absolute atomic E-state index is 11.3. The molecular weight excluding hydrogens is 376 g/mol. The molecule has 0 aliphatic carbocycles. The van der Waals surface area contributed by atoms with E-state index < -0.39 is 0 Å². The molecule has 0 amide bonds. The van der Waals surface area contributed by atoms with Crippen molar-refractivity contribution in [1.29, 1.82) is 0 Å². The highest BCUT2D eigenvalue weighted by molar-refractivity contribution is 7.80. The topological polar surface area (TPSA) is 26.3 Å². The van der Waals surface area contributed by atoms with Gasteiger partial charge in [-0.15, -0.1) is 0 Å². The SMILES string of the molecule is CCCCCCCCCCC/C=C/CCCCCCCCCCC(=O)OCCS. The van der Waals surface area contributed by atoms with E-state index in [9.17, 15) is 4.79 Å². The summed E-state index contributed by atoms with van der Waals surface area (Å²) in [4.78, 5) is 11.3. The molecule has 0 spiro atoms. The van der Waals surface area contributed by atoms with Gasteiger partial charge in [0.2, 0.25) is 0 Å². The standard InChI is InChI=1S/C26H50O2S/c1-2-3-4-5-6-7-8-9-10-11-12-13-14-15-16-17-18-19-20-21-22-23-26(27)28-24-25-29/h12-13,29H,2-11,14-25H2,1H3/b13-12+. The molecule has 0 bridgehead atoms. The van der Waals surface area contributed by atoms with Crippen LogP contribution in [0.25, 0.3) is 0 Å². The van der Waals surface area contributed by atoms with E-state index in [-0.39, 0.29) is 5.97 Å². The largest absolute Gasteiger partial charge is 0.465 e. The van der Waals surface area contributed by atoms with Crippen LogP contribution < -0.4 is 0 Å². The highest BCUT2D eigenvalue weighted by Crippen LogP contribution is 2.12. The number of unbranched alkanes of at least 4 members (excludes halogenated alkanes) is 17. The predicted molar refractivity (Wildman–Crippen MR) is 132 cm³/mol. The molecule has 0 aliphatic rings. The zero-order valence-corrected chi connectivity index (χ0v) is 20.4. The number of rotatable bonds is 23. The van der Waals surface area contributed by atoms with Gasteiger partial charge in [-0.1, -0.05) is 109 Å². The molecule has 0 N–H and O–H groups in total. The average Bonchev–Trinajstić information content (AvgIpc) is 2.73. The van der Waals surface area contributed by atoms with Crippen molar-refractivity contribution in [3.63, 3.8) is 0 Å². The maximum atomic E-state index is 11.3. The summed E-state index contributed by atoms with van der Waals surface area (Å²) in [5.41, 5.74) is 0. The van der Waals surface area contributed by atoms with Gasteiger partial charge in [-0.2, -0.15) is 12.6 Å². The van der Waals surface area contributed by atoms with Crippen LogP contribution in [0.2, 0.25) is 0 Å². The minimum atomic E-state index is -0.0649. The molecule has 0 rings (SSSR count). The van der Waals surface area contributed by atoms with Gasteiger partial charge in [0, 0.05) is 12.2 Å². The number of carbonyl (C=O) groups is 1. The Balaban J connectivity index is 3.13. The van der Waals surface area contributed by atoms with Gasteiger partial charge >= 0.3 is 5.97 Å². The lowest BCUT2D eigenvalue weighted by Gasteiger charge is -2.03. The first kappa shape index (κ1) is 28.6. The molecule has 29 heavy (non-hydrogen) atoms. The predicted octanol–water partition coefficient (Wildman–Crippen LogP) is 8.84. The molecule has 0 fully saturated rings. The van der Waals surface area contributed by atoms with E-state index in [0.29, 0.717) is 18.8 Å². The highest BCUT2D eigenvalue weighted by Gasteiger charge is 2.01. The first-order valence-corrected chi connectivity index (χ1v) is 13.4. The Labute approximate surface area is 188 Å². The molecule has 0 unspecified atom stereocenters. The molecule has 0 atom stereocenters. The van der Waals surface area contributed by atoms with E-state index >= 15 is 0 Å². The van der Waals surface area contributed by atoms with E-state index in [1.165, 1.54) is 109 Å². The zero-order chi connectivity index (χ0) is 21.3. The molecule has 0 heterocycles. The first-order chi connectivity index (χ1) is 14.3. The molecule has 0 aromatic rings. The monoisotopic (exact) mass is 426 g/mol. The summed E-state index contributed by atoms with van der Waals surface area (Å²) in [5.74, 6) is 0.547. The Morgan fingerprint density at radius 2 is 1.07 bits per heavy atom. The molecule has 0 saturated heterocycles. The van der Waals surface area contributed by atoms with Crippen molar-refractivity contribution in [3.8, 4) is 0 Å². The molecular formula is C26H50O2S. The fraction of sp³-hybridized carbons (Fsp3) is 0.885. The molecule has 0 radical (unpaired) electrons. The van der Waals surface area contributed by atoms with E-state index in [0.717, 1.165) is 12.8 Å². The number of allylic oxidation sites excluding steroid dienone is 2.